The summed E-state index contributed by atoms with van der Waals surface area (Å²) in [5.74, 6) is 0.471. The van der Waals surface area contributed by atoms with Crippen molar-refractivity contribution in [2.45, 2.75) is 41.1 Å². The average molecular weight is 395 g/mol. The molecule has 3 aliphatic heterocycles. The molecular weight excluding hydrogens is 376 g/mol. The molecule has 2 unspecified atom stereocenters. The number of piperidine rings is 3. The van der Waals surface area contributed by atoms with Crippen molar-refractivity contribution >= 4 is 40.6 Å². The molecule has 25 heavy (non-hydrogen) atoms. The predicted molar refractivity (Wildman–Crippen MR) is 100 cm³/mol. The molecule has 4 heterocycles. The largest absolute Gasteiger partial charge is 0.345 e. The third kappa shape index (κ3) is 3.69. The number of hydrogen-bond acceptors (Lipinski definition) is 6. The van der Waals surface area contributed by atoms with Crippen molar-refractivity contribution in [1.29, 1.82) is 0 Å². The Morgan fingerprint density at radius 3 is 2.88 bits per heavy atom. The topological polar surface area (TPSA) is 58.1 Å². The number of halogens is 1. The van der Waals surface area contributed by atoms with E-state index in [2.05, 4.69) is 27.3 Å². The lowest BCUT2D eigenvalue weighted by atomic mass is 9.79. The van der Waals surface area contributed by atoms with Gasteiger partial charge in [0.25, 0.3) is 5.91 Å². The first-order valence-electron chi connectivity index (χ1n) is 8.42. The number of nitrogens with zero attached hydrogens (tertiary/aromatic N) is 3. The monoisotopic (exact) mass is 394 g/mol. The van der Waals surface area contributed by atoms with Crippen molar-refractivity contribution in [3.8, 4) is 0 Å². The van der Waals surface area contributed by atoms with Crippen LogP contribution in [-0.4, -0.2) is 46.2 Å². The van der Waals surface area contributed by atoms with Crippen molar-refractivity contribution in [2.24, 2.45) is 5.92 Å². The van der Waals surface area contributed by atoms with Crippen LogP contribution in [0.5, 0.6) is 0 Å². The molecule has 0 radical (unpaired) electrons. The fourth-order valence-electron chi connectivity index (χ4n) is 3.73. The number of nitrogens with one attached hydrogen (secondary N) is 1. The van der Waals surface area contributed by atoms with E-state index in [4.69, 9.17) is 11.6 Å². The number of benzene rings is 1. The van der Waals surface area contributed by atoms with Gasteiger partial charge in [0.05, 0.1) is 0 Å². The van der Waals surface area contributed by atoms with E-state index in [-0.39, 0.29) is 11.9 Å². The summed E-state index contributed by atoms with van der Waals surface area (Å²) in [7, 11) is 0. The van der Waals surface area contributed by atoms with Crippen LogP contribution in [-0.2, 0) is 0 Å². The van der Waals surface area contributed by atoms with Crippen LogP contribution in [0, 0.1) is 5.92 Å². The minimum absolute atomic E-state index is 0.110. The fourth-order valence-corrected chi connectivity index (χ4v) is 5.78. The van der Waals surface area contributed by atoms with Gasteiger partial charge in [-0.15, -0.1) is 10.2 Å². The number of carbonyl (C=O) groups excluding carboxylic acids is 1. The maximum absolute atomic E-state index is 12.6. The first-order valence-corrected chi connectivity index (χ1v) is 10.4. The van der Waals surface area contributed by atoms with E-state index in [1.165, 1.54) is 35.9 Å². The summed E-state index contributed by atoms with van der Waals surface area (Å²) in [6, 6.07) is 8.18. The number of carbonyl (C=O) groups is 1. The fraction of sp³-hybridized carbons (Fsp3) is 0.471. The van der Waals surface area contributed by atoms with Gasteiger partial charge < -0.3 is 5.32 Å². The van der Waals surface area contributed by atoms with Gasteiger partial charge in [0.15, 0.2) is 4.34 Å². The van der Waals surface area contributed by atoms with Crippen molar-refractivity contribution in [1.82, 2.24) is 20.4 Å². The van der Waals surface area contributed by atoms with E-state index in [0.717, 1.165) is 22.3 Å². The zero-order valence-electron chi connectivity index (χ0n) is 13.8. The molecule has 1 aromatic heterocycles. The van der Waals surface area contributed by atoms with Gasteiger partial charge in [0.2, 0.25) is 5.01 Å². The molecule has 2 aromatic rings. The summed E-state index contributed by atoms with van der Waals surface area (Å²) in [6.07, 6.45) is 2.34. The molecule has 5 nitrogen and oxygen atoms in total. The van der Waals surface area contributed by atoms with Gasteiger partial charge in [0.1, 0.15) is 0 Å². The van der Waals surface area contributed by atoms with Gasteiger partial charge in [-0.05, 0) is 57.0 Å². The van der Waals surface area contributed by atoms with E-state index in [1.807, 2.05) is 24.3 Å². The lowest BCUT2D eigenvalue weighted by Gasteiger charge is -2.49. The number of aromatic nitrogens is 2. The van der Waals surface area contributed by atoms with E-state index in [1.54, 1.807) is 0 Å². The van der Waals surface area contributed by atoms with Crippen LogP contribution in [0.1, 0.15) is 29.6 Å². The Bertz CT molecular complexity index is 774. The molecule has 3 aliphatic rings. The molecule has 2 bridgehead atoms. The first kappa shape index (κ1) is 17.3. The van der Waals surface area contributed by atoms with Crippen molar-refractivity contribution in [3.05, 3.63) is 34.3 Å². The first-order chi connectivity index (χ1) is 12.1. The molecule has 1 amide bonds. The second kappa shape index (κ2) is 7.23. The lowest BCUT2D eigenvalue weighted by molar-refractivity contribution is 0.0217. The molecule has 8 heteroatoms. The maximum Gasteiger partial charge on any atom is 0.282 e. The van der Waals surface area contributed by atoms with E-state index in [0.29, 0.717) is 22.0 Å². The van der Waals surface area contributed by atoms with Crippen LogP contribution in [0.2, 0.25) is 5.02 Å². The normalized spacial score (nSPS) is 28.1. The molecule has 1 N–H and O–H groups in total. The molecule has 5 rings (SSSR count). The maximum atomic E-state index is 12.6. The predicted octanol–water partition coefficient (Wildman–Crippen LogP) is 3.56. The number of hydrogen-bond donors (Lipinski definition) is 1. The minimum atomic E-state index is -0.110. The Hall–Kier alpha value is -1.15. The third-order valence-electron chi connectivity index (χ3n) is 5.08. The van der Waals surface area contributed by atoms with Crippen molar-refractivity contribution < 1.29 is 4.79 Å². The SMILES string of the molecule is CC1C(NC(=O)c2nnc(Sc3cccc(Cl)c3)s2)C2CCN1CC2. The average Bonchev–Trinajstić information content (AvgIpc) is 3.07. The summed E-state index contributed by atoms with van der Waals surface area (Å²) in [6.45, 7) is 4.51. The molecule has 0 aliphatic carbocycles. The lowest BCUT2D eigenvalue weighted by Crippen LogP contribution is -2.62. The van der Waals surface area contributed by atoms with Crippen LogP contribution in [0.4, 0.5) is 0 Å². The van der Waals surface area contributed by atoms with Crippen LogP contribution in [0.15, 0.2) is 33.5 Å². The summed E-state index contributed by atoms with van der Waals surface area (Å²) >= 11 is 8.80. The van der Waals surface area contributed by atoms with Gasteiger partial charge in [-0.2, -0.15) is 0 Å². The van der Waals surface area contributed by atoms with Crippen LogP contribution in [0.3, 0.4) is 0 Å². The highest BCUT2D eigenvalue weighted by Crippen LogP contribution is 2.33. The van der Waals surface area contributed by atoms with Gasteiger partial charge >= 0.3 is 0 Å². The molecule has 2 atom stereocenters. The standard InChI is InChI=1S/C17H19ClN4OS2/c1-10-14(11-5-7-22(10)8-6-11)19-15(23)16-20-21-17(25-16)24-13-4-2-3-12(18)9-13/h2-4,9-11,14H,5-8H2,1H3,(H,19,23). The molecule has 3 saturated heterocycles. The van der Waals surface area contributed by atoms with Gasteiger partial charge in [-0.25, -0.2) is 0 Å². The number of rotatable bonds is 4. The Balaban J connectivity index is 1.42. The van der Waals surface area contributed by atoms with E-state index >= 15 is 0 Å². The van der Waals surface area contributed by atoms with Gasteiger partial charge in [0, 0.05) is 22.0 Å². The number of fused-ring (bicyclic) bond motifs is 3. The highest BCUT2D eigenvalue weighted by Gasteiger charge is 2.40. The van der Waals surface area contributed by atoms with Crippen LogP contribution >= 0.6 is 34.7 Å². The number of amides is 1. The molecule has 1 aromatic carbocycles. The molecule has 3 fully saturated rings. The third-order valence-corrected chi connectivity index (χ3v) is 7.28. The second-order valence-electron chi connectivity index (χ2n) is 6.55. The smallest absolute Gasteiger partial charge is 0.282 e. The minimum Gasteiger partial charge on any atom is -0.345 e. The Morgan fingerprint density at radius 1 is 1.36 bits per heavy atom. The Labute approximate surface area is 160 Å². The summed E-state index contributed by atoms with van der Waals surface area (Å²) in [5.41, 5.74) is 0. The van der Waals surface area contributed by atoms with Crippen LogP contribution in [0.25, 0.3) is 0 Å². The van der Waals surface area contributed by atoms with Crippen LogP contribution < -0.4 is 5.32 Å². The molecule has 132 valence electrons. The van der Waals surface area contributed by atoms with E-state index < -0.39 is 0 Å². The zero-order chi connectivity index (χ0) is 17.4. The Morgan fingerprint density at radius 2 is 2.16 bits per heavy atom. The zero-order valence-corrected chi connectivity index (χ0v) is 16.2. The van der Waals surface area contributed by atoms with Gasteiger partial charge in [-0.1, -0.05) is 40.8 Å². The molecular formula is C17H19ClN4OS2. The van der Waals surface area contributed by atoms with Gasteiger partial charge in [-0.3, -0.25) is 9.69 Å². The highest BCUT2D eigenvalue weighted by molar-refractivity contribution is 8.01. The Kier molecular flexibility index (Phi) is 4.99. The summed E-state index contributed by atoms with van der Waals surface area (Å²) in [4.78, 5) is 16.1. The summed E-state index contributed by atoms with van der Waals surface area (Å²) in [5, 5.41) is 12.5. The summed E-state index contributed by atoms with van der Waals surface area (Å²) < 4.78 is 0.745. The van der Waals surface area contributed by atoms with E-state index in [9.17, 15) is 4.79 Å². The molecule has 0 saturated carbocycles. The van der Waals surface area contributed by atoms with Crippen molar-refractivity contribution in [3.63, 3.8) is 0 Å². The van der Waals surface area contributed by atoms with Crippen molar-refractivity contribution in [2.75, 3.05) is 13.1 Å². The molecule has 0 spiro atoms. The second-order valence-corrected chi connectivity index (χ2v) is 9.28. The quantitative estimate of drug-likeness (QED) is 0.859. The highest BCUT2D eigenvalue weighted by atomic mass is 35.5.